The van der Waals surface area contributed by atoms with Crippen LogP contribution in [-0.2, 0) is 0 Å². The smallest absolute Gasteiger partial charge is 0.0106 e. The zero-order chi connectivity index (χ0) is 14.5. The Morgan fingerprint density at radius 3 is 2.05 bits per heavy atom. The SMILES string of the molecule is CN1C2CCCCCCC(CC2)SC2CCCCCC1C2. The van der Waals surface area contributed by atoms with Crippen molar-refractivity contribution in [3.8, 4) is 0 Å². The molecule has 1 saturated heterocycles. The quantitative estimate of drug-likeness (QED) is 0.570. The molecule has 21 heavy (non-hydrogen) atoms. The van der Waals surface area contributed by atoms with Crippen LogP contribution in [-0.4, -0.2) is 34.5 Å². The molecule has 2 heteroatoms. The molecule has 3 aliphatic rings. The van der Waals surface area contributed by atoms with Crippen molar-refractivity contribution < 1.29 is 0 Å². The Hall–Kier alpha value is 0.310. The van der Waals surface area contributed by atoms with Crippen molar-refractivity contribution >= 4 is 11.8 Å². The fourth-order valence-corrected chi connectivity index (χ4v) is 6.60. The molecule has 1 heterocycles. The summed E-state index contributed by atoms with van der Waals surface area (Å²) in [5.74, 6) is 0. The molecule has 4 atom stereocenters. The van der Waals surface area contributed by atoms with Gasteiger partial charge in [-0.3, -0.25) is 0 Å². The molecular weight excluding hydrogens is 274 g/mol. The maximum absolute atomic E-state index is 2.84. The molecule has 1 aliphatic heterocycles. The summed E-state index contributed by atoms with van der Waals surface area (Å²) in [6.07, 6.45) is 20.8. The van der Waals surface area contributed by atoms with Crippen molar-refractivity contribution in [1.29, 1.82) is 0 Å². The standard InChI is InChI=1S/C19H35NS/c1-20-16-9-5-2-3-7-11-18(14-13-16)21-19-12-8-4-6-10-17(20)15-19/h16-19H,2-15H2,1H3. The summed E-state index contributed by atoms with van der Waals surface area (Å²) in [5.41, 5.74) is 0. The lowest BCUT2D eigenvalue weighted by molar-refractivity contribution is 0.130. The number of fused-ring (bicyclic) bond motifs is 5. The van der Waals surface area contributed by atoms with Gasteiger partial charge in [-0.25, -0.2) is 0 Å². The Labute approximate surface area is 136 Å². The van der Waals surface area contributed by atoms with Crippen LogP contribution in [0, 0.1) is 0 Å². The highest BCUT2D eigenvalue weighted by atomic mass is 32.2. The molecule has 4 unspecified atom stereocenters. The summed E-state index contributed by atoms with van der Waals surface area (Å²) in [6, 6.07) is 1.77. The van der Waals surface area contributed by atoms with E-state index in [1.54, 1.807) is 0 Å². The maximum atomic E-state index is 2.84. The van der Waals surface area contributed by atoms with Crippen molar-refractivity contribution in [3.63, 3.8) is 0 Å². The average Bonchev–Trinajstić information content (AvgIpc) is 2.53. The predicted octanol–water partition coefficient (Wildman–Crippen LogP) is 5.63. The molecule has 0 spiro atoms. The van der Waals surface area contributed by atoms with E-state index in [9.17, 15) is 0 Å². The minimum Gasteiger partial charge on any atom is -0.300 e. The largest absolute Gasteiger partial charge is 0.300 e. The van der Waals surface area contributed by atoms with Crippen LogP contribution < -0.4 is 0 Å². The number of rotatable bonds is 0. The lowest BCUT2D eigenvalue weighted by Crippen LogP contribution is -2.41. The molecule has 122 valence electrons. The van der Waals surface area contributed by atoms with Crippen LogP contribution in [0.2, 0.25) is 0 Å². The van der Waals surface area contributed by atoms with Gasteiger partial charge in [-0.05, 0) is 52.0 Å². The highest BCUT2D eigenvalue weighted by molar-refractivity contribution is 8.00. The third-order valence-electron chi connectivity index (χ3n) is 6.27. The predicted molar refractivity (Wildman–Crippen MR) is 95.1 cm³/mol. The van der Waals surface area contributed by atoms with Crippen LogP contribution in [0.25, 0.3) is 0 Å². The van der Waals surface area contributed by atoms with Crippen molar-refractivity contribution in [2.24, 2.45) is 0 Å². The van der Waals surface area contributed by atoms with E-state index < -0.39 is 0 Å². The Balaban J connectivity index is 1.77. The highest BCUT2D eigenvalue weighted by Gasteiger charge is 2.31. The van der Waals surface area contributed by atoms with Crippen molar-refractivity contribution in [2.45, 2.75) is 112 Å². The van der Waals surface area contributed by atoms with Crippen LogP contribution in [0.15, 0.2) is 0 Å². The molecule has 3 rings (SSSR count). The van der Waals surface area contributed by atoms with E-state index in [4.69, 9.17) is 0 Å². The number of nitrogens with zero attached hydrogens (tertiary/aromatic N) is 1. The summed E-state index contributed by atoms with van der Waals surface area (Å²) in [4.78, 5) is 2.84. The summed E-state index contributed by atoms with van der Waals surface area (Å²) < 4.78 is 0. The first-order chi connectivity index (χ1) is 10.3. The van der Waals surface area contributed by atoms with Gasteiger partial charge in [0.05, 0.1) is 0 Å². The van der Waals surface area contributed by atoms with E-state index in [1.807, 2.05) is 0 Å². The summed E-state index contributed by atoms with van der Waals surface area (Å²) in [5, 5.41) is 1.93. The fraction of sp³-hybridized carbons (Fsp3) is 1.00. The maximum Gasteiger partial charge on any atom is 0.0106 e. The van der Waals surface area contributed by atoms with Gasteiger partial charge in [0.1, 0.15) is 0 Å². The number of thioether (sulfide) groups is 1. The molecule has 1 nitrogen and oxygen atoms in total. The monoisotopic (exact) mass is 309 g/mol. The third-order valence-corrected chi connectivity index (χ3v) is 7.94. The van der Waals surface area contributed by atoms with Crippen molar-refractivity contribution in [2.75, 3.05) is 7.05 Å². The van der Waals surface area contributed by atoms with Crippen LogP contribution in [0.4, 0.5) is 0 Å². The molecule has 2 saturated carbocycles. The van der Waals surface area contributed by atoms with Crippen LogP contribution in [0.1, 0.15) is 89.9 Å². The van der Waals surface area contributed by atoms with Crippen molar-refractivity contribution in [3.05, 3.63) is 0 Å². The second-order valence-electron chi connectivity index (χ2n) is 7.80. The summed E-state index contributed by atoms with van der Waals surface area (Å²) >= 11 is 2.41. The Morgan fingerprint density at radius 1 is 0.619 bits per heavy atom. The van der Waals surface area contributed by atoms with Gasteiger partial charge in [-0.2, -0.15) is 11.8 Å². The van der Waals surface area contributed by atoms with Gasteiger partial charge in [-0.15, -0.1) is 0 Å². The first-order valence-electron chi connectivity index (χ1n) is 9.70. The van der Waals surface area contributed by atoms with Crippen molar-refractivity contribution in [1.82, 2.24) is 4.90 Å². The Bertz CT molecular complexity index is 306. The molecule has 0 aromatic carbocycles. The van der Waals surface area contributed by atoms with Gasteiger partial charge in [0.15, 0.2) is 0 Å². The van der Waals surface area contributed by atoms with E-state index in [0.717, 1.165) is 22.6 Å². The Kier molecular flexibility index (Phi) is 6.35. The Morgan fingerprint density at radius 2 is 1.24 bits per heavy atom. The summed E-state index contributed by atoms with van der Waals surface area (Å²) in [7, 11) is 2.46. The lowest BCUT2D eigenvalue weighted by Gasteiger charge is -2.37. The average molecular weight is 310 g/mol. The van der Waals surface area contributed by atoms with E-state index in [2.05, 4.69) is 23.7 Å². The molecule has 0 amide bonds. The minimum atomic E-state index is 0.882. The fourth-order valence-electron chi connectivity index (χ4n) is 4.85. The molecule has 0 aromatic rings. The molecule has 2 aliphatic carbocycles. The summed E-state index contributed by atoms with van der Waals surface area (Å²) in [6.45, 7) is 0. The second kappa shape index (κ2) is 8.24. The highest BCUT2D eigenvalue weighted by Crippen LogP contribution is 2.38. The topological polar surface area (TPSA) is 3.24 Å². The minimum absolute atomic E-state index is 0.882. The van der Waals surface area contributed by atoms with Crippen LogP contribution in [0.3, 0.4) is 0 Å². The lowest BCUT2D eigenvalue weighted by atomic mass is 9.92. The van der Waals surface area contributed by atoms with E-state index in [1.165, 1.54) is 89.9 Å². The first kappa shape index (κ1) is 16.2. The van der Waals surface area contributed by atoms with Gasteiger partial charge >= 0.3 is 0 Å². The van der Waals surface area contributed by atoms with Gasteiger partial charge in [0.25, 0.3) is 0 Å². The number of hydrogen-bond acceptors (Lipinski definition) is 2. The third kappa shape index (κ3) is 4.64. The van der Waals surface area contributed by atoms with E-state index in [-0.39, 0.29) is 0 Å². The molecule has 0 aromatic heterocycles. The first-order valence-corrected chi connectivity index (χ1v) is 10.6. The second-order valence-corrected chi connectivity index (χ2v) is 9.40. The van der Waals surface area contributed by atoms with Gasteiger partial charge in [0.2, 0.25) is 0 Å². The van der Waals surface area contributed by atoms with Crippen LogP contribution in [0.5, 0.6) is 0 Å². The molecule has 4 bridgehead atoms. The molecule has 0 radical (unpaired) electrons. The normalized spacial score (nSPS) is 40.4. The van der Waals surface area contributed by atoms with Gasteiger partial charge in [0, 0.05) is 22.6 Å². The molecular formula is C19H35NS. The van der Waals surface area contributed by atoms with Gasteiger partial charge < -0.3 is 4.90 Å². The van der Waals surface area contributed by atoms with Gasteiger partial charge in [-0.1, -0.05) is 44.9 Å². The molecule has 3 fully saturated rings. The zero-order valence-electron chi connectivity index (χ0n) is 14.1. The molecule has 0 N–H and O–H groups in total. The number of hydrogen-bond donors (Lipinski definition) is 0. The van der Waals surface area contributed by atoms with Crippen LogP contribution >= 0.6 is 11.8 Å². The van der Waals surface area contributed by atoms with E-state index >= 15 is 0 Å². The zero-order valence-corrected chi connectivity index (χ0v) is 14.9. The van der Waals surface area contributed by atoms with E-state index in [0.29, 0.717) is 0 Å².